The average molecular weight is 556 g/mol. The van der Waals surface area contributed by atoms with Crippen molar-refractivity contribution < 1.29 is 46.0 Å². The number of pyridine rings is 2. The van der Waals surface area contributed by atoms with E-state index in [4.69, 9.17) is 9.47 Å². The molecule has 0 radical (unpaired) electrons. The molecule has 1 aliphatic heterocycles. The zero-order valence-corrected chi connectivity index (χ0v) is 20.5. The number of carbonyl (C=O) groups is 1. The topological polar surface area (TPSA) is 93.8 Å². The van der Waals surface area contributed by atoms with Gasteiger partial charge in [-0.3, -0.25) is 4.79 Å². The highest BCUT2D eigenvalue weighted by molar-refractivity contribution is 5.83. The molecule has 2 aliphatic rings. The Kier molecular flexibility index (Phi) is 7.67. The fraction of sp³-hybridized carbons (Fsp3) is 0.179. The standard InChI is InChI=1S/C28H20F4N2O6/c29-27(30)39-23-5-2-17(12-24(23)40-28(31)32)21(11-16-7-9-34(36)10-8-16)18-3-6-25(33-14-18)38-20-4-1-19-15-37-26(35)22(19)13-20/h1-10,12-15,21-22,27-28H,11H2. The lowest BCUT2D eigenvalue weighted by Crippen LogP contribution is -2.24. The molecule has 2 aromatic heterocycles. The zero-order chi connectivity index (χ0) is 28.2. The number of ether oxygens (including phenoxy) is 4. The Morgan fingerprint density at radius 2 is 1.68 bits per heavy atom. The third-order valence-corrected chi connectivity index (χ3v) is 6.19. The fourth-order valence-electron chi connectivity index (χ4n) is 4.33. The third kappa shape index (κ3) is 6.22. The second-order valence-corrected chi connectivity index (χ2v) is 8.75. The predicted octanol–water partition coefficient (Wildman–Crippen LogP) is 5.18. The molecule has 1 aromatic carbocycles. The van der Waals surface area contributed by atoms with Crippen LogP contribution in [-0.2, 0) is 16.0 Å². The minimum atomic E-state index is -3.27. The maximum Gasteiger partial charge on any atom is 0.387 e. The van der Waals surface area contributed by atoms with Crippen molar-refractivity contribution in [1.82, 2.24) is 4.98 Å². The summed E-state index contributed by atoms with van der Waals surface area (Å²) >= 11 is 0. The second kappa shape index (κ2) is 11.5. The average Bonchev–Trinajstić information content (AvgIpc) is 3.29. The number of rotatable bonds is 10. The van der Waals surface area contributed by atoms with Crippen molar-refractivity contribution in [3.8, 4) is 17.4 Å². The number of fused-ring (bicyclic) bond motifs is 1. The number of hydrogen-bond donors (Lipinski definition) is 0. The fourth-order valence-corrected chi connectivity index (χ4v) is 4.33. The van der Waals surface area contributed by atoms with Crippen LogP contribution in [0, 0.1) is 11.1 Å². The summed E-state index contributed by atoms with van der Waals surface area (Å²) in [7, 11) is 0. The van der Waals surface area contributed by atoms with Gasteiger partial charge in [0.25, 0.3) is 0 Å². The predicted molar refractivity (Wildman–Crippen MR) is 130 cm³/mol. The van der Waals surface area contributed by atoms with Gasteiger partial charge in [0, 0.05) is 35.9 Å². The molecule has 3 aromatic rings. The number of allylic oxidation sites excluding steroid dienone is 2. The minimum absolute atomic E-state index is 0.228. The molecule has 40 heavy (non-hydrogen) atoms. The molecular formula is C28H20F4N2O6. The lowest BCUT2D eigenvalue weighted by atomic mass is 9.87. The van der Waals surface area contributed by atoms with E-state index in [9.17, 15) is 27.6 Å². The Bertz CT molecular complexity index is 1470. The number of benzene rings is 1. The maximum absolute atomic E-state index is 13.0. The van der Waals surface area contributed by atoms with Gasteiger partial charge in [-0.05, 0) is 47.4 Å². The van der Waals surface area contributed by atoms with Crippen LogP contribution in [0.5, 0.6) is 17.4 Å². The Labute approximate surface area is 225 Å². The Morgan fingerprint density at radius 3 is 2.38 bits per heavy atom. The van der Waals surface area contributed by atoms with Gasteiger partial charge in [0.2, 0.25) is 5.88 Å². The van der Waals surface area contributed by atoms with Gasteiger partial charge in [-0.25, -0.2) is 4.98 Å². The van der Waals surface area contributed by atoms with Gasteiger partial charge in [-0.15, -0.1) is 0 Å². The number of aromatic nitrogens is 2. The molecule has 5 rings (SSSR count). The van der Waals surface area contributed by atoms with Crippen molar-refractivity contribution in [2.24, 2.45) is 5.92 Å². The SMILES string of the molecule is O=C1OC=C2C=CC(Oc3ccc(C(Cc4cc[n+]([O-])cc4)c4ccc(OC(F)F)c(OC(F)F)c4)cn3)=CC12. The first kappa shape index (κ1) is 26.7. The summed E-state index contributed by atoms with van der Waals surface area (Å²) in [6.07, 6.45) is 10.9. The van der Waals surface area contributed by atoms with Crippen molar-refractivity contribution in [3.05, 3.63) is 119 Å². The van der Waals surface area contributed by atoms with Crippen LogP contribution < -0.4 is 18.9 Å². The first-order chi connectivity index (χ1) is 19.2. The van der Waals surface area contributed by atoms with E-state index in [1.165, 1.54) is 37.0 Å². The van der Waals surface area contributed by atoms with E-state index < -0.39 is 42.5 Å². The van der Waals surface area contributed by atoms with E-state index in [-0.39, 0.29) is 5.88 Å². The molecule has 0 N–H and O–H groups in total. The summed E-state index contributed by atoms with van der Waals surface area (Å²) in [6, 6.07) is 10.3. The molecule has 2 atom stereocenters. The number of alkyl halides is 4. The van der Waals surface area contributed by atoms with Crippen LogP contribution in [0.1, 0.15) is 22.6 Å². The highest BCUT2D eigenvalue weighted by Crippen LogP contribution is 2.37. The summed E-state index contributed by atoms with van der Waals surface area (Å²) in [5.41, 5.74) is 2.54. The molecule has 2 unspecified atom stereocenters. The van der Waals surface area contributed by atoms with Crippen LogP contribution in [0.3, 0.4) is 0 Å². The smallest absolute Gasteiger partial charge is 0.387 e. The van der Waals surface area contributed by atoms with Crippen molar-refractivity contribution in [2.75, 3.05) is 0 Å². The van der Waals surface area contributed by atoms with Crippen molar-refractivity contribution in [3.63, 3.8) is 0 Å². The summed E-state index contributed by atoms with van der Waals surface area (Å²) < 4.78 is 71.9. The number of carbonyl (C=O) groups excluding carboxylic acids is 1. The van der Waals surface area contributed by atoms with Gasteiger partial charge < -0.3 is 24.2 Å². The summed E-state index contributed by atoms with van der Waals surface area (Å²) in [6.45, 7) is -6.51. The van der Waals surface area contributed by atoms with Crippen LogP contribution in [0.4, 0.5) is 17.6 Å². The Morgan fingerprint density at radius 1 is 0.950 bits per heavy atom. The Hall–Kier alpha value is -4.87. The third-order valence-electron chi connectivity index (χ3n) is 6.19. The molecule has 0 bridgehead atoms. The molecule has 0 saturated heterocycles. The molecule has 0 spiro atoms. The zero-order valence-electron chi connectivity index (χ0n) is 20.5. The Balaban J connectivity index is 1.44. The molecule has 8 nitrogen and oxygen atoms in total. The van der Waals surface area contributed by atoms with E-state index in [0.29, 0.717) is 33.6 Å². The lowest BCUT2D eigenvalue weighted by Gasteiger charge is -2.20. The lowest BCUT2D eigenvalue weighted by molar-refractivity contribution is -0.605. The van der Waals surface area contributed by atoms with Gasteiger partial charge in [0.05, 0.1) is 6.26 Å². The minimum Gasteiger partial charge on any atom is -0.619 e. The maximum atomic E-state index is 13.0. The molecule has 1 aliphatic carbocycles. The summed E-state index contributed by atoms with van der Waals surface area (Å²) in [5.74, 6) is -1.93. The first-order valence-electron chi connectivity index (χ1n) is 11.9. The molecule has 12 heteroatoms. The van der Waals surface area contributed by atoms with E-state index in [2.05, 4.69) is 14.5 Å². The number of nitrogens with zero attached hydrogens (tertiary/aromatic N) is 2. The molecule has 0 saturated carbocycles. The van der Waals surface area contributed by atoms with Gasteiger partial charge >= 0.3 is 19.2 Å². The summed E-state index contributed by atoms with van der Waals surface area (Å²) in [5, 5.41) is 11.5. The van der Waals surface area contributed by atoms with E-state index in [1.54, 1.807) is 42.5 Å². The van der Waals surface area contributed by atoms with Gasteiger partial charge in [0.1, 0.15) is 11.7 Å². The van der Waals surface area contributed by atoms with Crippen LogP contribution in [-0.4, -0.2) is 24.2 Å². The number of esters is 1. The molecule has 3 heterocycles. The van der Waals surface area contributed by atoms with E-state index in [1.807, 2.05) is 0 Å². The number of halogens is 4. The van der Waals surface area contributed by atoms with Gasteiger partial charge in [0.15, 0.2) is 23.9 Å². The first-order valence-corrected chi connectivity index (χ1v) is 11.9. The second-order valence-electron chi connectivity index (χ2n) is 8.75. The van der Waals surface area contributed by atoms with Gasteiger partial charge in [-0.2, -0.15) is 22.3 Å². The van der Waals surface area contributed by atoms with Crippen LogP contribution in [0.15, 0.2) is 96.9 Å². The molecule has 0 fully saturated rings. The van der Waals surface area contributed by atoms with Crippen molar-refractivity contribution in [1.29, 1.82) is 0 Å². The number of hydrogen-bond acceptors (Lipinski definition) is 7. The molecule has 0 amide bonds. The van der Waals surface area contributed by atoms with Crippen molar-refractivity contribution in [2.45, 2.75) is 25.6 Å². The van der Waals surface area contributed by atoms with Crippen molar-refractivity contribution >= 4 is 5.97 Å². The van der Waals surface area contributed by atoms with Crippen LogP contribution in [0.25, 0.3) is 0 Å². The highest BCUT2D eigenvalue weighted by atomic mass is 19.3. The molecular weight excluding hydrogens is 536 g/mol. The van der Waals surface area contributed by atoms with E-state index in [0.717, 1.165) is 11.6 Å². The monoisotopic (exact) mass is 556 g/mol. The normalized spacial score (nSPS) is 16.8. The highest BCUT2D eigenvalue weighted by Gasteiger charge is 2.30. The summed E-state index contributed by atoms with van der Waals surface area (Å²) in [4.78, 5) is 16.2. The quantitative estimate of drug-likeness (QED) is 0.147. The largest absolute Gasteiger partial charge is 0.619 e. The van der Waals surface area contributed by atoms with Crippen LogP contribution in [0.2, 0.25) is 0 Å². The number of cyclic esters (lactones) is 1. The molecule has 206 valence electrons. The van der Waals surface area contributed by atoms with Gasteiger partial charge in [-0.1, -0.05) is 18.2 Å². The van der Waals surface area contributed by atoms with E-state index >= 15 is 0 Å². The van der Waals surface area contributed by atoms with Crippen LogP contribution >= 0.6 is 0 Å².